The third kappa shape index (κ3) is 10.7. The Balaban J connectivity index is 3.17. The van der Waals surface area contributed by atoms with Gasteiger partial charge in [0.05, 0.1) is 0 Å². The van der Waals surface area contributed by atoms with Crippen molar-refractivity contribution in [3.8, 4) is 0 Å². The number of carboxylic acid groups (broad SMARTS) is 2. The molecule has 0 aromatic rings. The third-order valence-electron chi connectivity index (χ3n) is 1.52. The first-order valence-corrected chi connectivity index (χ1v) is 4.24. The molecule has 13 heavy (non-hydrogen) atoms. The Bertz CT molecular complexity index is 196. The second-order valence-electron chi connectivity index (χ2n) is 2.73. The number of unbranched alkanes of at least 4 members (excludes halogenated alkanes) is 3. The van der Waals surface area contributed by atoms with E-state index >= 15 is 0 Å². The van der Waals surface area contributed by atoms with Gasteiger partial charge in [-0.1, -0.05) is 12.5 Å². The predicted octanol–water partition coefficient (Wildman–Crippen LogP) is 1.66. The van der Waals surface area contributed by atoms with E-state index in [0.29, 0.717) is 12.8 Å². The largest absolute Gasteiger partial charge is 0.481 e. The molecule has 0 unspecified atom stereocenters. The monoisotopic (exact) mass is 186 g/mol. The van der Waals surface area contributed by atoms with Crippen molar-refractivity contribution in [1.29, 1.82) is 0 Å². The topological polar surface area (TPSA) is 74.6 Å². The van der Waals surface area contributed by atoms with Crippen LogP contribution in [0.25, 0.3) is 0 Å². The second kappa shape index (κ2) is 7.34. The smallest absolute Gasteiger partial charge is 0.327 e. The number of rotatable bonds is 7. The Labute approximate surface area is 76.9 Å². The number of hydrogen-bond acceptors (Lipinski definition) is 2. The highest BCUT2D eigenvalue weighted by atomic mass is 16.4. The van der Waals surface area contributed by atoms with Crippen molar-refractivity contribution >= 4 is 11.9 Å². The lowest BCUT2D eigenvalue weighted by Crippen LogP contribution is -1.93. The number of allylic oxidation sites excluding steroid dienone is 1. The van der Waals surface area contributed by atoms with E-state index in [0.717, 1.165) is 18.9 Å². The molecule has 0 aromatic carbocycles. The molecule has 4 nitrogen and oxygen atoms in total. The summed E-state index contributed by atoms with van der Waals surface area (Å²) in [6.07, 6.45) is 5.93. The highest BCUT2D eigenvalue weighted by Crippen LogP contribution is 2.03. The summed E-state index contributed by atoms with van der Waals surface area (Å²) in [5.74, 6) is -1.72. The van der Waals surface area contributed by atoms with Gasteiger partial charge in [-0.05, 0) is 19.3 Å². The molecule has 0 saturated heterocycles. The zero-order valence-corrected chi connectivity index (χ0v) is 7.40. The molecule has 0 saturated carbocycles. The van der Waals surface area contributed by atoms with Gasteiger partial charge in [-0.25, -0.2) is 4.79 Å². The summed E-state index contributed by atoms with van der Waals surface area (Å²) in [6.45, 7) is 0. The minimum absolute atomic E-state index is 0.197. The standard InChI is InChI=1S/C9H14O4/c10-8(11)6-4-2-1-3-5-7-9(12)13/h4,6H,1-3,5,7H2,(H,10,11)(H,12,13). The van der Waals surface area contributed by atoms with Gasteiger partial charge in [0.25, 0.3) is 0 Å². The summed E-state index contributed by atoms with van der Waals surface area (Å²) in [5, 5.41) is 16.5. The lowest BCUT2D eigenvalue weighted by Gasteiger charge is -1.94. The van der Waals surface area contributed by atoms with Crippen molar-refractivity contribution in [2.24, 2.45) is 0 Å². The van der Waals surface area contributed by atoms with Crippen LogP contribution in [0.1, 0.15) is 32.1 Å². The molecule has 0 rings (SSSR count). The number of carbonyl (C=O) groups is 2. The zero-order chi connectivity index (χ0) is 10.1. The van der Waals surface area contributed by atoms with Gasteiger partial charge in [-0.15, -0.1) is 0 Å². The Morgan fingerprint density at radius 1 is 1.08 bits per heavy atom. The molecule has 0 radical (unpaired) electrons. The van der Waals surface area contributed by atoms with Crippen LogP contribution in [0.5, 0.6) is 0 Å². The van der Waals surface area contributed by atoms with Gasteiger partial charge in [0, 0.05) is 12.5 Å². The maximum Gasteiger partial charge on any atom is 0.327 e. The molecule has 0 atom stereocenters. The molecule has 0 fully saturated rings. The summed E-state index contributed by atoms with van der Waals surface area (Å²) >= 11 is 0. The van der Waals surface area contributed by atoms with Crippen LogP contribution in [0.2, 0.25) is 0 Å². The van der Waals surface area contributed by atoms with Gasteiger partial charge in [-0.2, -0.15) is 0 Å². The first kappa shape index (κ1) is 11.7. The maximum absolute atomic E-state index is 10.1. The summed E-state index contributed by atoms with van der Waals surface area (Å²) in [7, 11) is 0. The average Bonchev–Trinajstić information content (AvgIpc) is 2.01. The minimum Gasteiger partial charge on any atom is -0.481 e. The van der Waals surface area contributed by atoms with Crippen molar-refractivity contribution in [2.75, 3.05) is 0 Å². The Hall–Kier alpha value is -1.32. The molecule has 4 heteroatoms. The van der Waals surface area contributed by atoms with Crippen LogP contribution in [-0.4, -0.2) is 22.2 Å². The third-order valence-corrected chi connectivity index (χ3v) is 1.52. The molecule has 0 heterocycles. The normalized spacial score (nSPS) is 10.5. The van der Waals surface area contributed by atoms with Crippen molar-refractivity contribution in [1.82, 2.24) is 0 Å². The van der Waals surface area contributed by atoms with Crippen molar-refractivity contribution in [3.63, 3.8) is 0 Å². The van der Waals surface area contributed by atoms with Crippen LogP contribution in [0.15, 0.2) is 12.2 Å². The maximum atomic E-state index is 10.1. The molecule has 0 aliphatic heterocycles. The van der Waals surface area contributed by atoms with E-state index in [1.807, 2.05) is 0 Å². The van der Waals surface area contributed by atoms with E-state index in [1.54, 1.807) is 6.08 Å². The van der Waals surface area contributed by atoms with E-state index in [2.05, 4.69) is 0 Å². The lowest BCUT2D eigenvalue weighted by atomic mass is 10.1. The lowest BCUT2D eigenvalue weighted by molar-refractivity contribution is -0.137. The van der Waals surface area contributed by atoms with Gasteiger partial charge >= 0.3 is 11.9 Å². The molecule has 2 N–H and O–H groups in total. The molecule has 0 aliphatic rings. The molecular weight excluding hydrogens is 172 g/mol. The van der Waals surface area contributed by atoms with Crippen molar-refractivity contribution in [2.45, 2.75) is 32.1 Å². The fourth-order valence-corrected chi connectivity index (χ4v) is 0.899. The molecule has 0 amide bonds. The molecule has 0 aliphatic carbocycles. The molecular formula is C9H14O4. The van der Waals surface area contributed by atoms with Gasteiger partial charge in [-0.3, -0.25) is 4.79 Å². The van der Waals surface area contributed by atoms with E-state index in [4.69, 9.17) is 10.2 Å². The summed E-state index contributed by atoms with van der Waals surface area (Å²) in [5.41, 5.74) is 0. The van der Waals surface area contributed by atoms with Gasteiger partial charge in [0.2, 0.25) is 0 Å². The van der Waals surface area contributed by atoms with E-state index < -0.39 is 11.9 Å². The van der Waals surface area contributed by atoms with Gasteiger partial charge in [0.15, 0.2) is 0 Å². The van der Waals surface area contributed by atoms with Crippen LogP contribution < -0.4 is 0 Å². The van der Waals surface area contributed by atoms with Crippen LogP contribution in [0.3, 0.4) is 0 Å². The fraction of sp³-hybridized carbons (Fsp3) is 0.556. The van der Waals surface area contributed by atoms with Crippen molar-refractivity contribution in [3.05, 3.63) is 12.2 Å². The highest BCUT2D eigenvalue weighted by Gasteiger charge is 1.95. The van der Waals surface area contributed by atoms with Crippen molar-refractivity contribution < 1.29 is 19.8 Å². The SMILES string of the molecule is O=C(O)C=CCCCCCC(=O)O. The first-order chi connectivity index (χ1) is 6.13. The molecule has 0 spiro atoms. The highest BCUT2D eigenvalue weighted by molar-refractivity contribution is 5.79. The summed E-state index contributed by atoms with van der Waals surface area (Å²) in [4.78, 5) is 20.1. The average molecular weight is 186 g/mol. The zero-order valence-electron chi connectivity index (χ0n) is 7.40. The van der Waals surface area contributed by atoms with Crippen LogP contribution in [-0.2, 0) is 9.59 Å². The molecule has 0 aromatic heterocycles. The van der Waals surface area contributed by atoms with Gasteiger partial charge in [0.1, 0.15) is 0 Å². The Morgan fingerprint density at radius 3 is 2.31 bits per heavy atom. The van der Waals surface area contributed by atoms with E-state index in [-0.39, 0.29) is 6.42 Å². The van der Waals surface area contributed by atoms with Crippen LogP contribution in [0.4, 0.5) is 0 Å². The number of hydrogen-bond donors (Lipinski definition) is 2. The molecule has 74 valence electrons. The number of aliphatic carboxylic acids is 2. The Kier molecular flexibility index (Phi) is 6.59. The quantitative estimate of drug-likeness (QED) is 0.468. The molecule has 0 bridgehead atoms. The van der Waals surface area contributed by atoms with Crippen LogP contribution in [0, 0.1) is 0 Å². The summed E-state index contributed by atoms with van der Waals surface area (Å²) in [6, 6.07) is 0. The Morgan fingerprint density at radius 2 is 1.77 bits per heavy atom. The second-order valence-corrected chi connectivity index (χ2v) is 2.73. The summed E-state index contributed by atoms with van der Waals surface area (Å²) < 4.78 is 0. The minimum atomic E-state index is -0.939. The predicted molar refractivity (Wildman–Crippen MR) is 47.5 cm³/mol. The van der Waals surface area contributed by atoms with E-state index in [9.17, 15) is 9.59 Å². The fourth-order valence-electron chi connectivity index (χ4n) is 0.899. The number of carboxylic acids is 2. The van der Waals surface area contributed by atoms with Gasteiger partial charge < -0.3 is 10.2 Å². The van der Waals surface area contributed by atoms with E-state index in [1.165, 1.54) is 0 Å². The van der Waals surface area contributed by atoms with Crippen LogP contribution >= 0.6 is 0 Å². The first-order valence-electron chi connectivity index (χ1n) is 4.24.